The highest BCUT2D eigenvalue weighted by Gasteiger charge is 2.21. The molecule has 0 radical (unpaired) electrons. The number of aliphatic carboxylic acids is 1. The first kappa shape index (κ1) is 14.2. The van der Waals surface area contributed by atoms with Gasteiger partial charge in [0.25, 0.3) is 0 Å². The van der Waals surface area contributed by atoms with Gasteiger partial charge in [-0.1, -0.05) is 0 Å². The van der Waals surface area contributed by atoms with E-state index >= 15 is 0 Å². The summed E-state index contributed by atoms with van der Waals surface area (Å²) in [7, 11) is 0. The third kappa shape index (κ3) is 4.17. The van der Waals surface area contributed by atoms with Gasteiger partial charge in [0.05, 0.1) is 0 Å². The predicted molar refractivity (Wildman–Crippen MR) is 63.1 cm³/mol. The van der Waals surface area contributed by atoms with Crippen molar-refractivity contribution < 1.29 is 19.4 Å². The van der Waals surface area contributed by atoms with E-state index in [2.05, 4.69) is 9.97 Å². The Morgan fingerprint density at radius 1 is 1.56 bits per heavy atom. The van der Waals surface area contributed by atoms with Crippen LogP contribution < -0.4 is 5.73 Å². The van der Waals surface area contributed by atoms with E-state index in [-0.39, 0.29) is 12.2 Å². The van der Waals surface area contributed by atoms with Crippen LogP contribution in [0, 0.1) is 0 Å². The number of hydrogen-bond acceptors (Lipinski definition) is 5. The second-order valence-corrected chi connectivity index (χ2v) is 4.91. The summed E-state index contributed by atoms with van der Waals surface area (Å²) < 4.78 is 5.11. The van der Waals surface area contributed by atoms with E-state index in [4.69, 9.17) is 15.6 Å². The van der Waals surface area contributed by atoms with E-state index in [0.29, 0.717) is 5.69 Å². The van der Waals surface area contributed by atoms with Gasteiger partial charge in [0, 0.05) is 18.3 Å². The summed E-state index contributed by atoms with van der Waals surface area (Å²) in [6.07, 6.45) is 1.45. The number of imidazole rings is 1. The molecule has 1 rings (SSSR count). The van der Waals surface area contributed by atoms with Crippen molar-refractivity contribution in [3.8, 4) is 0 Å². The Bertz CT molecular complexity index is 447. The number of carbonyl (C=O) groups excluding carboxylic acids is 1. The van der Waals surface area contributed by atoms with Gasteiger partial charge in [-0.15, -0.1) is 0 Å². The van der Waals surface area contributed by atoms with E-state index in [0.717, 1.165) is 0 Å². The molecule has 1 atom stereocenters. The average molecular weight is 255 g/mol. The molecule has 0 spiro atoms. The molecule has 0 bridgehead atoms. The van der Waals surface area contributed by atoms with Crippen molar-refractivity contribution in [3.05, 3.63) is 17.7 Å². The molecule has 1 aromatic rings. The number of esters is 1. The minimum Gasteiger partial charge on any atom is -0.480 e. The third-order valence-electron chi connectivity index (χ3n) is 1.98. The van der Waals surface area contributed by atoms with Crippen LogP contribution >= 0.6 is 0 Å². The number of carboxylic acids is 1. The monoisotopic (exact) mass is 255 g/mol. The molecule has 7 heteroatoms. The zero-order valence-electron chi connectivity index (χ0n) is 10.6. The number of rotatable bonds is 4. The topological polar surface area (TPSA) is 118 Å². The second kappa shape index (κ2) is 5.18. The van der Waals surface area contributed by atoms with Gasteiger partial charge in [-0.05, 0) is 20.8 Å². The molecule has 1 heterocycles. The maximum Gasteiger partial charge on any atom is 0.374 e. The summed E-state index contributed by atoms with van der Waals surface area (Å²) in [6.45, 7) is 5.24. The Hall–Kier alpha value is -1.89. The summed E-state index contributed by atoms with van der Waals surface area (Å²) in [4.78, 5) is 28.7. The van der Waals surface area contributed by atoms with Crippen LogP contribution in [0.1, 0.15) is 37.1 Å². The number of nitrogens with one attached hydrogen (secondary N) is 1. The van der Waals surface area contributed by atoms with E-state index < -0.39 is 23.6 Å². The van der Waals surface area contributed by atoms with Gasteiger partial charge in [0.15, 0.2) is 0 Å². The zero-order chi connectivity index (χ0) is 13.9. The molecule has 0 aromatic carbocycles. The Morgan fingerprint density at radius 3 is 2.67 bits per heavy atom. The van der Waals surface area contributed by atoms with E-state index in [1.165, 1.54) is 6.20 Å². The number of carbonyl (C=O) groups is 2. The highest BCUT2D eigenvalue weighted by atomic mass is 16.6. The van der Waals surface area contributed by atoms with Crippen LogP contribution in [0.15, 0.2) is 6.20 Å². The highest BCUT2D eigenvalue weighted by molar-refractivity contribution is 5.85. The molecule has 100 valence electrons. The molecule has 0 unspecified atom stereocenters. The van der Waals surface area contributed by atoms with Gasteiger partial charge in [0.1, 0.15) is 11.6 Å². The number of nitrogens with zero attached hydrogens (tertiary/aromatic N) is 1. The Kier molecular flexibility index (Phi) is 4.07. The van der Waals surface area contributed by atoms with Crippen molar-refractivity contribution in [1.29, 1.82) is 0 Å². The molecule has 18 heavy (non-hydrogen) atoms. The molecule has 0 aliphatic heterocycles. The van der Waals surface area contributed by atoms with Gasteiger partial charge in [-0.2, -0.15) is 0 Å². The lowest BCUT2D eigenvalue weighted by molar-refractivity contribution is -0.138. The van der Waals surface area contributed by atoms with Crippen LogP contribution in [-0.2, 0) is 16.0 Å². The Labute approximate surface area is 104 Å². The van der Waals surface area contributed by atoms with Crippen molar-refractivity contribution in [2.75, 3.05) is 0 Å². The molecule has 7 nitrogen and oxygen atoms in total. The van der Waals surface area contributed by atoms with E-state index in [1.54, 1.807) is 20.8 Å². The van der Waals surface area contributed by atoms with Crippen LogP contribution in [-0.4, -0.2) is 38.7 Å². The molecular weight excluding hydrogens is 238 g/mol. The van der Waals surface area contributed by atoms with Gasteiger partial charge in [-0.3, -0.25) is 4.79 Å². The maximum absolute atomic E-state index is 11.6. The maximum atomic E-state index is 11.6. The molecule has 0 amide bonds. The molecule has 4 N–H and O–H groups in total. The number of aromatic nitrogens is 2. The predicted octanol–water partition coefficient (Wildman–Crippen LogP) is 0.319. The van der Waals surface area contributed by atoms with Crippen LogP contribution in [0.3, 0.4) is 0 Å². The SMILES string of the molecule is CC(C)(C)OC(=O)c1ncc(C[C@H](N)C(=O)O)[nH]1. The van der Waals surface area contributed by atoms with Crippen molar-refractivity contribution >= 4 is 11.9 Å². The lowest BCUT2D eigenvalue weighted by Crippen LogP contribution is -2.32. The van der Waals surface area contributed by atoms with Crippen molar-refractivity contribution in [2.24, 2.45) is 5.73 Å². The van der Waals surface area contributed by atoms with Crippen molar-refractivity contribution in [2.45, 2.75) is 38.8 Å². The fraction of sp³-hybridized carbons (Fsp3) is 0.545. The smallest absolute Gasteiger partial charge is 0.374 e. The number of nitrogens with two attached hydrogens (primary N) is 1. The van der Waals surface area contributed by atoms with Gasteiger partial charge in [-0.25, -0.2) is 9.78 Å². The van der Waals surface area contributed by atoms with Crippen molar-refractivity contribution in [3.63, 3.8) is 0 Å². The first-order valence-corrected chi connectivity index (χ1v) is 5.44. The summed E-state index contributed by atoms with van der Waals surface area (Å²) in [6, 6.07) is -1.03. The van der Waals surface area contributed by atoms with Crippen LogP contribution in [0.4, 0.5) is 0 Å². The summed E-state index contributed by atoms with van der Waals surface area (Å²) in [5.41, 5.74) is 5.24. The Balaban J connectivity index is 2.69. The molecule has 0 saturated heterocycles. The fourth-order valence-electron chi connectivity index (χ4n) is 1.22. The molecular formula is C11H17N3O4. The van der Waals surface area contributed by atoms with Crippen LogP contribution in [0.2, 0.25) is 0 Å². The lowest BCUT2D eigenvalue weighted by atomic mass is 10.2. The quantitative estimate of drug-likeness (QED) is 0.667. The standard InChI is InChI=1S/C11H17N3O4/c1-11(2,3)18-10(17)8-13-5-6(14-8)4-7(12)9(15)16/h5,7H,4,12H2,1-3H3,(H,13,14)(H,15,16)/t7-/m0/s1. The van der Waals surface area contributed by atoms with Gasteiger partial charge >= 0.3 is 11.9 Å². The number of carboxylic acid groups (broad SMARTS) is 1. The second-order valence-electron chi connectivity index (χ2n) is 4.91. The Morgan fingerprint density at radius 2 is 2.17 bits per heavy atom. The summed E-state index contributed by atoms with van der Waals surface area (Å²) in [5, 5.41) is 8.66. The average Bonchev–Trinajstić information content (AvgIpc) is 2.63. The summed E-state index contributed by atoms with van der Waals surface area (Å²) in [5.74, 6) is -1.65. The molecule has 0 aliphatic carbocycles. The highest BCUT2D eigenvalue weighted by Crippen LogP contribution is 2.10. The molecule has 0 aliphatic rings. The number of hydrogen-bond donors (Lipinski definition) is 3. The van der Waals surface area contributed by atoms with Crippen LogP contribution in [0.25, 0.3) is 0 Å². The molecule has 0 fully saturated rings. The van der Waals surface area contributed by atoms with Gasteiger partial charge in [0.2, 0.25) is 5.82 Å². The number of aromatic amines is 1. The van der Waals surface area contributed by atoms with Crippen molar-refractivity contribution in [1.82, 2.24) is 9.97 Å². The first-order chi connectivity index (χ1) is 8.19. The van der Waals surface area contributed by atoms with Gasteiger partial charge < -0.3 is 20.6 Å². The normalized spacial score (nSPS) is 13.1. The fourth-order valence-corrected chi connectivity index (χ4v) is 1.22. The van der Waals surface area contributed by atoms with E-state index in [9.17, 15) is 9.59 Å². The molecule has 1 aromatic heterocycles. The molecule has 0 saturated carbocycles. The summed E-state index contributed by atoms with van der Waals surface area (Å²) >= 11 is 0. The zero-order valence-corrected chi connectivity index (χ0v) is 10.6. The number of H-pyrrole nitrogens is 1. The minimum atomic E-state index is -1.11. The van der Waals surface area contributed by atoms with E-state index in [1.807, 2.05) is 0 Å². The third-order valence-corrected chi connectivity index (χ3v) is 1.98. The largest absolute Gasteiger partial charge is 0.480 e. The number of ether oxygens (including phenoxy) is 1. The van der Waals surface area contributed by atoms with Crippen LogP contribution in [0.5, 0.6) is 0 Å². The lowest BCUT2D eigenvalue weighted by Gasteiger charge is -2.18. The minimum absolute atomic E-state index is 0.0394. The first-order valence-electron chi connectivity index (χ1n) is 5.44.